The topological polar surface area (TPSA) is 26.0 Å². The van der Waals surface area contributed by atoms with Gasteiger partial charge in [-0.05, 0) is 55.5 Å². The second-order valence-electron chi connectivity index (χ2n) is 3.79. The van der Waals surface area contributed by atoms with Crippen molar-refractivity contribution in [2.24, 2.45) is 5.73 Å². The second kappa shape index (κ2) is 5.20. The maximum Gasteiger partial charge on any atom is 0.0423 e. The summed E-state index contributed by atoms with van der Waals surface area (Å²) in [6, 6.07) is 5.88. The molecule has 1 aliphatic carbocycles. The Morgan fingerprint density at radius 3 is 1.93 bits per heavy atom. The Bertz CT molecular complexity index is 312. The first-order chi connectivity index (χ1) is 7.16. The van der Waals surface area contributed by atoms with E-state index in [0.29, 0.717) is 5.41 Å². The van der Waals surface area contributed by atoms with Crippen molar-refractivity contribution in [1.82, 2.24) is 0 Å². The monoisotopic (exact) mass is 245 g/mol. The zero-order valence-electron chi connectivity index (χ0n) is 9.19. The van der Waals surface area contributed by atoms with E-state index in [2.05, 4.69) is 12.7 Å². The van der Waals surface area contributed by atoms with E-state index in [-0.39, 0.29) is 0 Å². The van der Waals surface area contributed by atoms with E-state index < -0.39 is 0 Å². The average molecular weight is 246 g/mol. The highest BCUT2D eigenvalue weighted by atomic mass is 35.5. The van der Waals surface area contributed by atoms with Crippen LogP contribution in [0.1, 0.15) is 31.7 Å². The minimum Gasteiger partial charge on any atom is -0.333 e. The van der Waals surface area contributed by atoms with E-state index in [0.717, 1.165) is 10.0 Å². The zero-order chi connectivity index (χ0) is 11.5. The molecule has 3 heteroatoms. The van der Waals surface area contributed by atoms with Gasteiger partial charge in [0.05, 0.1) is 0 Å². The number of nitrogens with two attached hydrogens (primary N) is 1. The number of benzene rings is 1. The molecule has 0 saturated heterocycles. The summed E-state index contributed by atoms with van der Waals surface area (Å²) < 4.78 is 0. The Morgan fingerprint density at radius 2 is 1.60 bits per heavy atom. The Balaban J connectivity index is 0.000000531. The van der Waals surface area contributed by atoms with E-state index in [1.54, 1.807) is 6.07 Å². The molecular weight excluding hydrogens is 229 g/mol. The summed E-state index contributed by atoms with van der Waals surface area (Å²) in [6.45, 7) is 2.22. The first kappa shape index (κ1) is 12.8. The van der Waals surface area contributed by atoms with Crippen molar-refractivity contribution in [2.45, 2.75) is 31.6 Å². The quantitative estimate of drug-likeness (QED) is 0.838. The molecule has 0 radical (unpaired) electrons. The van der Waals surface area contributed by atoms with Gasteiger partial charge in [-0.15, -0.1) is 0 Å². The van der Waals surface area contributed by atoms with Crippen molar-refractivity contribution in [1.29, 1.82) is 0 Å². The molecule has 1 aliphatic rings. The van der Waals surface area contributed by atoms with Crippen molar-refractivity contribution < 1.29 is 0 Å². The molecule has 1 nitrogen and oxygen atoms in total. The molecule has 1 fully saturated rings. The van der Waals surface area contributed by atoms with Gasteiger partial charge in [0.2, 0.25) is 0 Å². The van der Waals surface area contributed by atoms with Gasteiger partial charge in [-0.2, -0.15) is 0 Å². The van der Waals surface area contributed by atoms with Gasteiger partial charge >= 0.3 is 0 Å². The van der Waals surface area contributed by atoms with E-state index in [1.807, 2.05) is 12.1 Å². The Hall–Kier alpha value is -0.240. The summed E-state index contributed by atoms with van der Waals surface area (Å²) in [5, 5.41) is 1.50. The Kier molecular flexibility index (Phi) is 4.45. The highest BCUT2D eigenvalue weighted by molar-refractivity contribution is 6.34. The first-order valence-electron chi connectivity index (χ1n) is 5.21. The third-order valence-electron chi connectivity index (χ3n) is 3.01. The Morgan fingerprint density at radius 1 is 1.13 bits per heavy atom. The van der Waals surface area contributed by atoms with Gasteiger partial charge < -0.3 is 5.73 Å². The predicted molar refractivity (Wildman–Crippen MR) is 67.8 cm³/mol. The number of hydrogen-bond donors (Lipinski definition) is 1. The van der Waals surface area contributed by atoms with Crippen molar-refractivity contribution in [3.8, 4) is 0 Å². The van der Waals surface area contributed by atoms with Crippen LogP contribution in [0.2, 0.25) is 10.0 Å². The summed E-state index contributed by atoms with van der Waals surface area (Å²) in [6.07, 6.45) is 3.74. The summed E-state index contributed by atoms with van der Waals surface area (Å²) in [5.41, 5.74) is 6.21. The predicted octanol–water partition coefficient (Wildman–Crippen LogP) is 4.01. The summed E-state index contributed by atoms with van der Waals surface area (Å²) in [7, 11) is 1.50. The lowest BCUT2D eigenvalue weighted by molar-refractivity contribution is 0.664. The molecule has 15 heavy (non-hydrogen) atoms. The average Bonchev–Trinajstić information content (AvgIpc) is 3.00. The molecule has 1 saturated carbocycles. The van der Waals surface area contributed by atoms with Crippen LogP contribution in [0.5, 0.6) is 0 Å². The van der Waals surface area contributed by atoms with Gasteiger partial charge in [-0.3, -0.25) is 0 Å². The van der Waals surface area contributed by atoms with Gasteiger partial charge in [0.25, 0.3) is 0 Å². The molecule has 0 aromatic heterocycles. The van der Waals surface area contributed by atoms with Crippen molar-refractivity contribution >= 4 is 23.2 Å². The van der Waals surface area contributed by atoms with Gasteiger partial charge in [-0.1, -0.05) is 30.1 Å². The van der Waals surface area contributed by atoms with Crippen molar-refractivity contribution in [2.75, 3.05) is 7.05 Å². The highest BCUT2D eigenvalue weighted by Crippen LogP contribution is 2.51. The molecule has 0 spiro atoms. The fraction of sp³-hybridized carbons (Fsp3) is 0.500. The molecule has 0 atom stereocenters. The molecule has 0 aliphatic heterocycles. The van der Waals surface area contributed by atoms with Crippen LogP contribution in [0.25, 0.3) is 0 Å². The molecule has 84 valence electrons. The van der Waals surface area contributed by atoms with Crippen molar-refractivity contribution in [3.63, 3.8) is 0 Å². The van der Waals surface area contributed by atoms with Gasteiger partial charge in [0, 0.05) is 10.0 Å². The maximum atomic E-state index is 5.96. The van der Waals surface area contributed by atoms with E-state index in [9.17, 15) is 0 Å². The largest absolute Gasteiger partial charge is 0.333 e. The lowest BCUT2D eigenvalue weighted by atomic mass is 9.93. The number of halogens is 2. The summed E-state index contributed by atoms with van der Waals surface area (Å²) in [4.78, 5) is 0. The fourth-order valence-corrected chi connectivity index (χ4v) is 2.38. The van der Waals surface area contributed by atoms with Crippen LogP contribution in [-0.2, 0) is 5.41 Å². The van der Waals surface area contributed by atoms with Crippen LogP contribution in [0.4, 0.5) is 0 Å². The number of hydrogen-bond acceptors (Lipinski definition) is 1. The standard InChI is InChI=1S/C11H12Cl2.CH5N/c1-2-11(3-4-11)8-5-9(12)7-10(13)6-8;1-2/h5-7H,2-4H2,1H3;2H2,1H3. The molecule has 2 N–H and O–H groups in total. The maximum absolute atomic E-state index is 5.96. The fourth-order valence-electron chi connectivity index (χ4n) is 1.86. The molecular formula is C12H17Cl2N. The minimum atomic E-state index is 0.397. The van der Waals surface area contributed by atoms with Crippen LogP contribution >= 0.6 is 23.2 Å². The second-order valence-corrected chi connectivity index (χ2v) is 4.66. The molecule has 1 aromatic carbocycles. The van der Waals surface area contributed by atoms with Crippen LogP contribution in [0.3, 0.4) is 0 Å². The van der Waals surface area contributed by atoms with Gasteiger partial charge in [0.15, 0.2) is 0 Å². The van der Waals surface area contributed by atoms with Crippen LogP contribution in [-0.4, -0.2) is 7.05 Å². The molecule has 0 bridgehead atoms. The molecule has 2 rings (SSSR count). The normalized spacial score (nSPS) is 16.6. The molecule has 0 heterocycles. The summed E-state index contributed by atoms with van der Waals surface area (Å²) >= 11 is 11.9. The smallest absolute Gasteiger partial charge is 0.0423 e. The number of rotatable bonds is 2. The van der Waals surface area contributed by atoms with Gasteiger partial charge in [0.1, 0.15) is 0 Å². The van der Waals surface area contributed by atoms with Crippen molar-refractivity contribution in [3.05, 3.63) is 33.8 Å². The van der Waals surface area contributed by atoms with Gasteiger partial charge in [-0.25, -0.2) is 0 Å². The Labute approximate surface area is 102 Å². The van der Waals surface area contributed by atoms with Crippen LogP contribution in [0, 0.1) is 0 Å². The van der Waals surface area contributed by atoms with Crippen LogP contribution < -0.4 is 5.73 Å². The lowest BCUT2D eigenvalue weighted by Gasteiger charge is -2.13. The molecule has 1 aromatic rings. The molecule has 0 unspecified atom stereocenters. The first-order valence-corrected chi connectivity index (χ1v) is 5.96. The minimum absolute atomic E-state index is 0.397. The van der Waals surface area contributed by atoms with E-state index >= 15 is 0 Å². The third-order valence-corrected chi connectivity index (χ3v) is 3.44. The molecule has 0 amide bonds. The lowest BCUT2D eigenvalue weighted by Crippen LogP contribution is -2.03. The van der Waals surface area contributed by atoms with E-state index in [1.165, 1.54) is 31.9 Å². The van der Waals surface area contributed by atoms with Crippen LogP contribution in [0.15, 0.2) is 18.2 Å². The SMILES string of the molecule is CCC1(c2cc(Cl)cc(Cl)c2)CC1.CN. The highest BCUT2D eigenvalue weighted by Gasteiger charge is 2.42. The summed E-state index contributed by atoms with van der Waals surface area (Å²) in [5.74, 6) is 0. The van der Waals surface area contributed by atoms with E-state index in [4.69, 9.17) is 23.2 Å². The third kappa shape index (κ3) is 2.87. The zero-order valence-corrected chi connectivity index (χ0v) is 10.7.